The third-order valence-corrected chi connectivity index (χ3v) is 3.37. The standard InChI is InChI=1S/C6H7F5O4S2/c1-3(2)4(7,5(8,9)16(12)13)6(10,11)17(14)15/h1H2,2H3,(H,12,13)(H,14,15)/p+1. The van der Waals surface area contributed by atoms with Crippen LogP contribution < -0.4 is 0 Å². The van der Waals surface area contributed by atoms with Crippen LogP contribution in [0.1, 0.15) is 6.92 Å². The summed E-state index contributed by atoms with van der Waals surface area (Å²) in [6, 6.07) is 0. The molecular formula is C6H8F5O4S2+. The van der Waals surface area contributed by atoms with Crippen LogP contribution in [0, 0.1) is 0 Å². The summed E-state index contributed by atoms with van der Waals surface area (Å²) < 4.78 is 102. The van der Waals surface area contributed by atoms with E-state index in [0.717, 1.165) is 0 Å². The molecule has 2 N–H and O–H groups in total. The third kappa shape index (κ3) is 2.28. The monoisotopic (exact) mass is 303 g/mol. The van der Waals surface area contributed by atoms with Gasteiger partial charge in [0.25, 0.3) is 11.1 Å². The van der Waals surface area contributed by atoms with E-state index in [1.165, 1.54) is 0 Å². The minimum Gasteiger partial charge on any atom is -0.301 e. The zero-order valence-electron chi connectivity index (χ0n) is 8.16. The van der Waals surface area contributed by atoms with Gasteiger partial charge in [-0.2, -0.15) is 13.3 Å². The van der Waals surface area contributed by atoms with E-state index in [0.29, 0.717) is 6.92 Å². The SMILES string of the molecule is C=C(C)C(F)(C(F)(F)S(=O)O)C(F)(F)[SH+](=O)O. The fraction of sp³-hybridized carbons (Fsp3) is 0.667. The van der Waals surface area contributed by atoms with Crippen molar-refractivity contribution in [3.8, 4) is 0 Å². The van der Waals surface area contributed by atoms with Crippen molar-refractivity contribution in [1.82, 2.24) is 0 Å². The minimum atomic E-state index is -5.49. The van der Waals surface area contributed by atoms with E-state index >= 15 is 0 Å². The van der Waals surface area contributed by atoms with Gasteiger partial charge in [-0.05, 0) is 12.5 Å². The van der Waals surface area contributed by atoms with E-state index in [2.05, 4.69) is 6.58 Å². The quantitative estimate of drug-likeness (QED) is 0.267. The van der Waals surface area contributed by atoms with Crippen molar-refractivity contribution in [3.63, 3.8) is 0 Å². The maximum atomic E-state index is 13.7. The smallest absolute Gasteiger partial charge is 0.301 e. The summed E-state index contributed by atoms with van der Waals surface area (Å²) in [6.45, 7) is 2.89. The molecule has 17 heavy (non-hydrogen) atoms. The van der Waals surface area contributed by atoms with E-state index in [1.54, 1.807) is 0 Å². The van der Waals surface area contributed by atoms with Gasteiger partial charge in [-0.3, -0.25) is 0 Å². The van der Waals surface area contributed by atoms with Gasteiger partial charge in [0.05, 0.1) is 0 Å². The predicted molar refractivity (Wildman–Crippen MR) is 51.4 cm³/mol. The zero-order chi connectivity index (χ0) is 14.2. The van der Waals surface area contributed by atoms with Crippen LogP contribution >= 0.6 is 0 Å². The second kappa shape index (κ2) is 4.71. The van der Waals surface area contributed by atoms with E-state index in [-0.39, 0.29) is 0 Å². The lowest BCUT2D eigenvalue weighted by atomic mass is 9.99. The van der Waals surface area contributed by atoms with Gasteiger partial charge in [-0.15, -0.1) is 8.78 Å². The molecule has 0 rings (SSSR count). The Balaban J connectivity index is 6.07. The Morgan fingerprint density at radius 3 is 1.82 bits per heavy atom. The van der Waals surface area contributed by atoms with Crippen molar-refractivity contribution in [2.75, 3.05) is 0 Å². The van der Waals surface area contributed by atoms with Gasteiger partial charge >= 0.3 is 16.2 Å². The highest BCUT2D eigenvalue weighted by molar-refractivity contribution is 7.81. The Kier molecular flexibility index (Phi) is 4.60. The van der Waals surface area contributed by atoms with Crippen LogP contribution in [-0.4, -0.2) is 29.5 Å². The normalized spacial score (nSPS) is 20.5. The molecule has 3 unspecified atom stereocenters. The Morgan fingerprint density at radius 1 is 1.29 bits per heavy atom. The molecule has 0 saturated carbocycles. The molecule has 0 heterocycles. The van der Waals surface area contributed by atoms with Crippen LogP contribution in [0.5, 0.6) is 0 Å². The van der Waals surface area contributed by atoms with E-state index in [1.807, 2.05) is 0 Å². The molecule has 0 saturated heterocycles. The first-order chi connectivity index (χ1) is 7.33. The van der Waals surface area contributed by atoms with Crippen molar-refractivity contribution in [1.29, 1.82) is 0 Å². The number of halogens is 5. The molecule has 0 aromatic carbocycles. The first kappa shape index (κ1) is 16.6. The predicted octanol–water partition coefficient (Wildman–Crippen LogP) is 1.85. The maximum absolute atomic E-state index is 13.7. The van der Waals surface area contributed by atoms with Crippen LogP contribution in [0.25, 0.3) is 0 Å². The fourth-order valence-electron chi connectivity index (χ4n) is 0.932. The van der Waals surface area contributed by atoms with E-state index in [4.69, 9.17) is 9.11 Å². The lowest BCUT2D eigenvalue weighted by Crippen LogP contribution is -2.61. The Bertz CT molecular complexity index is 357. The number of allylic oxidation sites excluding steroid dienone is 1. The summed E-state index contributed by atoms with van der Waals surface area (Å²) in [6.07, 6.45) is 0. The lowest BCUT2D eigenvalue weighted by Gasteiger charge is -2.32. The molecule has 0 aromatic rings. The van der Waals surface area contributed by atoms with Crippen LogP contribution in [-0.2, 0) is 26.4 Å². The summed E-state index contributed by atoms with van der Waals surface area (Å²) >= 11 is -9.02. The molecule has 0 radical (unpaired) electrons. The van der Waals surface area contributed by atoms with Gasteiger partial charge in [-0.1, -0.05) is 10.8 Å². The van der Waals surface area contributed by atoms with Gasteiger partial charge in [0.1, 0.15) is 0 Å². The molecule has 3 atom stereocenters. The second-order valence-corrected chi connectivity index (χ2v) is 5.14. The number of thiol groups is 1. The molecule has 0 aliphatic rings. The molecule has 0 aromatic heterocycles. The Morgan fingerprint density at radius 2 is 1.65 bits per heavy atom. The first-order valence-corrected chi connectivity index (χ1v) is 6.03. The molecule has 0 aliphatic carbocycles. The summed E-state index contributed by atoms with van der Waals surface area (Å²) in [5, 5.41) is -11.0. The molecular weight excluding hydrogens is 295 g/mol. The van der Waals surface area contributed by atoms with E-state index < -0.39 is 43.9 Å². The summed E-state index contributed by atoms with van der Waals surface area (Å²) in [5.41, 5.74) is -6.66. The van der Waals surface area contributed by atoms with Gasteiger partial charge in [0.15, 0.2) is 0 Å². The molecule has 11 heteroatoms. The molecule has 0 spiro atoms. The molecule has 0 amide bonds. The summed E-state index contributed by atoms with van der Waals surface area (Å²) in [4.78, 5) is 0. The lowest BCUT2D eigenvalue weighted by molar-refractivity contribution is -0.151. The minimum absolute atomic E-state index is 0.382. The molecule has 0 fully saturated rings. The van der Waals surface area contributed by atoms with Crippen molar-refractivity contribution < 1.29 is 39.5 Å². The Hall–Kier alpha value is -0.390. The fourth-order valence-corrected chi connectivity index (χ4v) is 2.15. The maximum Gasteiger partial charge on any atom is 0.484 e. The number of hydrogen-bond donors (Lipinski definition) is 2. The third-order valence-electron chi connectivity index (χ3n) is 1.86. The zero-order valence-corrected chi connectivity index (χ0v) is 9.87. The summed E-state index contributed by atoms with van der Waals surface area (Å²) in [5.74, 6) is 0. The molecule has 102 valence electrons. The topological polar surface area (TPSA) is 74.6 Å². The van der Waals surface area contributed by atoms with Crippen LogP contribution in [0.4, 0.5) is 22.0 Å². The highest BCUT2D eigenvalue weighted by Gasteiger charge is 2.80. The average Bonchev–Trinajstić information content (AvgIpc) is 2.14. The van der Waals surface area contributed by atoms with Crippen molar-refractivity contribution in [3.05, 3.63) is 12.2 Å². The van der Waals surface area contributed by atoms with Crippen LogP contribution in [0.3, 0.4) is 0 Å². The number of rotatable bonds is 5. The van der Waals surface area contributed by atoms with Crippen molar-refractivity contribution in [2.45, 2.75) is 23.1 Å². The highest BCUT2D eigenvalue weighted by Crippen LogP contribution is 2.50. The molecule has 0 bridgehead atoms. The highest BCUT2D eigenvalue weighted by atomic mass is 32.2. The summed E-state index contributed by atoms with van der Waals surface area (Å²) in [7, 11) is 0. The van der Waals surface area contributed by atoms with Crippen LogP contribution in [0.2, 0.25) is 0 Å². The average molecular weight is 303 g/mol. The number of hydrogen-bond acceptors (Lipinski definition) is 2. The first-order valence-electron chi connectivity index (χ1n) is 3.71. The van der Waals surface area contributed by atoms with Crippen molar-refractivity contribution in [2.24, 2.45) is 0 Å². The van der Waals surface area contributed by atoms with E-state index in [9.17, 15) is 30.4 Å². The van der Waals surface area contributed by atoms with Crippen LogP contribution in [0.15, 0.2) is 12.2 Å². The second-order valence-electron chi connectivity index (χ2n) is 3.02. The van der Waals surface area contributed by atoms with Gasteiger partial charge in [0, 0.05) is 0 Å². The van der Waals surface area contributed by atoms with Gasteiger partial charge in [0.2, 0.25) is 11.1 Å². The Labute approximate surface area is 97.5 Å². The van der Waals surface area contributed by atoms with Gasteiger partial charge < -0.3 is 4.55 Å². The van der Waals surface area contributed by atoms with Crippen molar-refractivity contribution >= 4 is 22.2 Å². The largest absolute Gasteiger partial charge is 0.484 e. The molecule has 4 nitrogen and oxygen atoms in total. The number of alkyl halides is 5. The van der Waals surface area contributed by atoms with Gasteiger partial charge in [-0.25, -0.2) is 8.60 Å². The molecule has 0 aliphatic heterocycles.